The number of amides is 1. The van der Waals surface area contributed by atoms with Crippen LogP contribution in [0, 0.1) is 5.82 Å². The molecule has 0 aliphatic carbocycles. The molecule has 0 aromatic carbocycles. The second-order valence-electron chi connectivity index (χ2n) is 2.46. The van der Waals surface area contributed by atoms with Gasteiger partial charge in [0.25, 0.3) is 5.91 Å². The predicted octanol–water partition coefficient (Wildman–Crippen LogP) is -0.191. The summed E-state index contributed by atoms with van der Waals surface area (Å²) in [6.45, 7) is 0. The van der Waals surface area contributed by atoms with E-state index in [1.807, 2.05) is 0 Å². The minimum atomic E-state index is -0.863. The lowest BCUT2D eigenvalue weighted by Crippen LogP contribution is -2.24. The number of carbonyl (C=O) groups excluding carboxylic acids is 1. The van der Waals surface area contributed by atoms with Crippen LogP contribution < -0.4 is 16.6 Å². The maximum atomic E-state index is 13.2. The Kier molecular flexibility index (Phi) is 2.95. The molecule has 0 unspecified atom stereocenters. The van der Waals surface area contributed by atoms with Crippen LogP contribution in [-0.4, -0.2) is 25.8 Å². The highest BCUT2D eigenvalue weighted by molar-refractivity contribution is 6.38. The second-order valence-corrected chi connectivity index (χ2v) is 2.84. The molecule has 0 atom stereocenters. The highest BCUT2D eigenvalue weighted by Crippen LogP contribution is 2.25. The lowest BCUT2D eigenvalue weighted by Gasteiger charge is -2.09. The number of pyridine rings is 1. The molecule has 0 aliphatic rings. The molecule has 0 spiro atoms. The van der Waals surface area contributed by atoms with E-state index in [0.717, 1.165) is 0 Å². The highest BCUT2D eigenvalue weighted by atomic mass is 35.5. The van der Waals surface area contributed by atoms with Crippen molar-refractivity contribution in [2.24, 2.45) is 5.73 Å². The van der Waals surface area contributed by atoms with E-state index in [9.17, 15) is 9.18 Å². The Morgan fingerprint density at radius 2 is 2.29 bits per heavy atom. The van der Waals surface area contributed by atoms with Gasteiger partial charge >= 0.3 is 0 Å². The minimum Gasteiger partial charge on any atom is -0.384 e. The van der Waals surface area contributed by atoms with Crippen LogP contribution >= 0.6 is 11.6 Å². The zero-order chi connectivity index (χ0) is 10.9. The average Bonchev–Trinajstić information content (AvgIpc) is 2.12. The third-order valence-electron chi connectivity index (χ3n) is 1.59. The molecular formula is C7H6BClFN3O. The molecule has 0 fully saturated rings. The Hall–Kier alpha value is -1.30. The van der Waals surface area contributed by atoms with Crippen molar-refractivity contribution in [1.82, 2.24) is 4.98 Å². The number of nitrogens with zero attached hydrogens (tertiary/aromatic N) is 1. The Bertz CT molecular complexity index is 399. The van der Waals surface area contributed by atoms with Gasteiger partial charge in [-0.25, -0.2) is 4.39 Å². The van der Waals surface area contributed by atoms with E-state index in [1.165, 1.54) is 7.05 Å². The third kappa shape index (κ3) is 1.65. The molecule has 1 rings (SSSR count). The van der Waals surface area contributed by atoms with Crippen LogP contribution in [0.2, 0.25) is 5.02 Å². The molecule has 7 heteroatoms. The lowest BCUT2D eigenvalue weighted by molar-refractivity contribution is 0.0996. The zero-order valence-electron chi connectivity index (χ0n) is 7.27. The first-order valence-corrected chi connectivity index (χ1v) is 3.98. The molecule has 14 heavy (non-hydrogen) atoms. The first-order valence-electron chi connectivity index (χ1n) is 3.61. The van der Waals surface area contributed by atoms with E-state index in [1.54, 1.807) is 0 Å². The van der Waals surface area contributed by atoms with Crippen LogP contribution in [0.25, 0.3) is 0 Å². The van der Waals surface area contributed by atoms with E-state index in [4.69, 9.17) is 25.2 Å². The van der Waals surface area contributed by atoms with Gasteiger partial charge in [0.2, 0.25) is 0 Å². The van der Waals surface area contributed by atoms with Crippen molar-refractivity contribution in [3.8, 4) is 0 Å². The van der Waals surface area contributed by atoms with Gasteiger partial charge < -0.3 is 11.1 Å². The number of carbonyl (C=O) groups is 1. The molecule has 0 bridgehead atoms. The molecule has 1 amide bonds. The third-order valence-corrected chi connectivity index (χ3v) is 1.96. The molecule has 0 saturated carbocycles. The Balaban J connectivity index is 3.50. The SMILES string of the molecule is [B]c1nc(C(N)=O)c(Cl)c(NC)c1F. The summed E-state index contributed by atoms with van der Waals surface area (Å²) < 4.78 is 13.2. The average molecular weight is 213 g/mol. The summed E-state index contributed by atoms with van der Waals surface area (Å²) in [5.74, 6) is -1.67. The summed E-state index contributed by atoms with van der Waals surface area (Å²) in [6.07, 6.45) is 0. The molecule has 3 N–H and O–H groups in total. The number of nitrogens with two attached hydrogens (primary N) is 1. The molecule has 1 heterocycles. The number of hydrogen-bond donors (Lipinski definition) is 2. The van der Waals surface area contributed by atoms with Crippen LogP contribution in [0.1, 0.15) is 10.5 Å². The van der Waals surface area contributed by atoms with Gasteiger partial charge in [-0.2, -0.15) is 0 Å². The number of hydrogen-bond acceptors (Lipinski definition) is 3. The number of aromatic nitrogens is 1. The summed E-state index contributed by atoms with van der Waals surface area (Å²) in [5.41, 5.74) is 4.20. The van der Waals surface area contributed by atoms with Crippen molar-refractivity contribution in [3.05, 3.63) is 16.5 Å². The van der Waals surface area contributed by atoms with Crippen molar-refractivity contribution < 1.29 is 9.18 Å². The first kappa shape index (κ1) is 10.8. The minimum absolute atomic E-state index is 0.0898. The maximum absolute atomic E-state index is 13.2. The fourth-order valence-electron chi connectivity index (χ4n) is 0.944. The van der Waals surface area contributed by atoms with Crippen molar-refractivity contribution in [1.29, 1.82) is 0 Å². The van der Waals surface area contributed by atoms with Gasteiger partial charge in [-0.05, 0) is 0 Å². The highest BCUT2D eigenvalue weighted by Gasteiger charge is 2.18. The van der Waals surface area contributed by atoms with Gasteiger partial charge in [-0.15, -0.1) is 0 Å². The number of primary amides is 1. The molecule has 1 aromatic rings. The predicted molar refractivity (Wildman–Crippen MR) is 52.7 cm³/mol. The molecule has 72 valence electrons. The largest absolute Gasteiger partial charge is 0.384 e. The van der Waals surface area contributed by atoms with E-state index in [2.05, 4.69) is 10.3 Å². The van der Waals surface area contributed by atoms with Gasteiger partial charge in [0.1, 0.15) is 13.5 Å². The summed E-state index contributed by atoms with van der Waals surface area (Å²) in [4.78, 5) is 14.3. The molecule has 1 aromatic heterocycles. The number of nitrogens with one attached hydrogen (secondary N) is 1. The fraction of sp³-hybridized carbons (Fsp3) is 0.143. The summed E-state index contributed by atoms with van der Waals surface area (Å²) in [5, 5.41) is 2.29. The number of rotatable bonds is 2. The van der Waals surface area contributed by atoms with Crippen LogP contribution in [0.15, 0.2) is 0 Å². The maximum Gasteiger partial charge on any atom is 0.268 e. The molecule has 0 aliphatic heterocycles. The van der Waals surface area contributed by atoms with Gasteiger partial charge in [0.15, 0.2) is 5.82 Å². The first-order chi connectivity index (χ1) is 6.49. The summed E-state index contributed by atoms with van der Waals surface area (Å²) in [7, 11) is 6.65. The quantitative estimate of drug-likeness (QED) is 0.669. The van der Waals surface area contributed by atoms with Gasteiger partial charge in [-0.3, -0.25) is 9.78 Å². The summed E-state index contributed by atoms with van der Waals surface area (Å²) >= 11 is 5.66. The monoisotopic (exact) mass is 213 g/mol. The second kappa shape index (κ2) is 3.83. The molecule has 2 radical (unpaired) electrons. The Labute approximate surface area is 86.1 Å². The van der Waals surface area contributed by atoms with Gasteiger partial charge in [0.05, 0.1) is 10.7 Å². The van der Waals surface area contributed by atoms with E-state index in [0.29, 0.717) is 0 Å². The van der Waals surface area contributed by atoms with Crippen molar-refractivity contribution >= 4 is 36.6 Å². The van der Waals surface area contributed by atoms with Crippen molar-refractivity contribution in [2.45, 2.75) is 0 Å². The molecule has 4 nitrogen and oxygen atoms in total. The standard InChI is InChI=1S/C7H6BClFN3O/c1-12-4-2(9)5(7(11)14)13-6(8)3(4)10/h1H3,(H2,11,14)(H,12,13). The smallest absolute Gasteiger partial charge is 0.268 e. The van der Waals surface area contributed by atoms with E-state index < -0.39 is 17.3 Å². The number of anilines is 1. The topological polar surface area (TPSA) is 68.0 Å². The van der Waals surface area contributed by atoms with Crippen molar-refractivity contribution in [2.75, 3.05) is 12.4 Å². The van der Waals surface area contributed by atoms with Crippen molar-refractivity contribution in [3.63, 3.8) is 0 Å². The van der Waals surface area contributed by atoms with Gasteiger partial charge in [0, 0.05) is 12.6 Å². The number of halogens is 2. The van der Waals surface area contributed by atoms with Crippen LogP contribution in [0.4, 0.5) is 10.1 Å². The van der Waals surface area contributed by atoms with Crippen LogP contribution in [-0.2, 0) is 0 Å². The normalized spacial score (nSPS) is 9.93. The summed E-state index contributed by atoms with van der Waals surface area (Å²) in [6, 6.07) is 0. The van der Waals surface area contributed by atoms with Crippen LogP contribution in [0.3, 0.4) is 0 Å². The van der Waals surface area contributed by atoms with E-state index in [-0.39, 0.29) is 16.4 Å². The lowest BCUT2D eigenvalue weighted by atomic mass is 10.0. The van der Waals surface area contributed by atoms with Gasteiger partial charge in [-0.1, -0.05) is 11.6 Å². The molecular weight excluding hydrogens is 207 g/mol. The Morgan fingerprint density at radius 1 is 1.71 bits per heavy atom. The van der Waals surface area contributed by atoms with E-state index >= 15 is 0 Å². The zero-order valence-corrected chi connectivity index (χ0v) is 8.02. The molecule has 0 saturated heterocycles. The van der Waals surface area contributed by atoms with Crippen LogP contribution in [0.5, 0.6) is 0 Å². The Morgan fingerprint density at radius 3 is 2.71 bits per heavy atom. The fourth-order valence-corrected chi connectivity index (χ4v) is 1.26.